The van der Waals surface area contributed by atoms with Gasteiger partial charge in [-0.15, -0.1) is 11.3 Å². The summed E-state index contributed by atoms with van der Waals surface area (Å²) in [4.78, 5) is 39.3. The molecule has 2 aromatic rings. The lowest BCUT2D eigenvalue weighted by Crippen LogP contribution is -2.21. The second-order valence-corrected chi connectivity index (χ2v) is 7.39. The smallest absolute Gasteiger partial charge is 0.358 e. The van der Waals surface area contributed by atoms with Crippen molar-refractivity contribution in [2.24, 2.45) is 5.92 Å². The maximum absolute atomic E-state index is 12.0. The van der Waals surface area contributed by atoms with Crippen molar-refractivity contribution in [2.45, 2.75) is 27.2 Å². The fourth-order valence-corrected chi connectivity index (χ4v) is 2.91. The molecule has 0 spiro atoms. The number of carbonyl (C=O) groups excluding carboxylic acids is 3. The summed E-state index contributed by atoms with van der Waals surface area (Å²) in [6.45, 7) is 6.01. The summed E-state index contributed by atoms with van der Waals surface area (Å²) in [5.74, 6) is -0.776. The monoisotopic (exact) mass is 404 g/mol. The van der Waals surface area contributed by atoms with Crippen molar-refractivity contribution in [1.29, 1.82) is 0 Å². The van der Waals surface area contributed by atoms with E-state index in [1.165, 1.54) is 18.3 Å². The zero-order valence-electron chi connectivity index (χ0n) is 16.1. The van der Waals surface area contributed by atoms with Gasteiger partial charge in [-0.25, -0.2) is 9.78 Å². The standard InChI is InChI=1S/C19H24N4O4S/c1-12(2)7-8-20-19-23-16(11-28-19)18(26)27-10-17(25)22-15-6-4-5-14(9-15)21-13(3)24/h4-6,9,11-12H,7-8,10H2,1-3H3,(H,20,23)(H,21,24)(H,22,25). The fraction of sp³-hybridized carbons (Fsp3) is 0.368. The van der Waals surface area contributed by atoms with Crippen molar-refractivity contribution >= 4 is 45.6 Å². The third-order valence-corrected chi connectivity index (χ3v) is 4.31. The number of nitrogens with one attached hydrogen (secondary N) is 3. The molecule has 3 N–H and O–H groups in total. The topological polar surface area (TPSA) is 109 Å². The molecule has 0 saturated heterocycles. The van der Waals surface area contributed by atoms with Crippen LogP contribution in [0.3, 0.4) is 0 Å². The van der Waals surface area contributed by atoms with Gasteiger partial charge in [0, 0.05) is 30.2 Å². The lowest BCUT2D eigenvalue weighted by atomic mass is 10.1. The first-order valence-corrected chi connectivity index (χ1v) is 9.75. The molecule has 2 rings (SSSR count). The maximum atomic E-state index is 12.0. The Morgan fingerprint density at radius 2 is 1.89 bits per heavy atom. The molecule has 0 radical (unpaired) electrons. The summed E-state index contributed by atoms with van der Waals surface area (Å²) < 4.78 is 5.01. The molecular formula is C19H24N4O4S. The first kappa shape index (κ1) is 21.4. The lowest BCUT2D eigenvalue weighted by molar-refractivity contribution is -0.119. The molecule has 0 fully saturated rings. The molecule has 28 heavy (non-hydrogen) atoms. The predicted octanol–water partition coefficient (Wildman–Crippen LogP) is 3.36. The number of esters is 1. The predicted molar refractivity (Wildman–Crippen MR) is 110 cm³/mol. The number of rotatable bonds is 9. The minimum absolute atomic E-state index is 0.164. The molecule has 0 aliphatic carbocycles. The van der Waals surface area contributed by atoms with E-state index in [1.807, 2.05) is 0 Å². The molecule has 9 heteroatoms. The highest BCUT2D eigenvalue weighted by Crippen LogP contribution is 2.17. The minimum Gasteiger partial charge on any atom is -0.451 e. The molecule has 0 saturated carbocycles. The number of anilines is 3. The Morgan fingerprint density at radius 1 is 1.18 bits per heavy atom. The van der Waals surface area contributed by atoms with Crippen molar-refractivity contribution < 1.29 is 19.1 Å². The summed E-state index contributed by atoms with van der Waals surface area (Å²) in [5, 5.41) is 10.6. The molecule has 150 valence electrons. The Morgan fingerprint density at radius 3 is 2.57 bits per heavy atom. The quantitative estimate of drug-likeness (QED) is 0.553. The van der Waals surface area contributed by atoms with Crippen LogP contribution in [0.15, 0.2) is 29.6 Å². The summed E-state index contributed by atoms with van der Waals surface area (Å²) in [6.07, 6.45) is 1.00. The fourth-order valence-electron chi connectivity index (χ4n) is 2.20. The van der Waals surface area contributed by atoms with Crippen molar-refractivity contribution in [3.63, 3.8) is 0 Å². The van der Waals surface area contributed by atoms with Crippen LogP contribution in [0.5, 0.6) is 0 Å². The zero-order valence-corrected chi connectivity index (χ0v) is 16.9. The number of hydrogen-bond donors (Lipinski definition) is 3. The van der Waals surface area contributed by atoms with Gasteiger partial charge in [-0.05, 0) is 30.5 Å². The van der Waals surface area contributed by atoms with Crippen molar-refractivity contribution in [3.05, 3.63) is 35.3 Å². The van der Waals surface area contributed by atoms with E-state index < -0.39 is 18.5 Å². The summed E-state index contributed by atoms with van der Waals surface area (Å²) in [7, 11) is 0. The van der Waals surface area contributed by atoms with E-state index in [9.17, 15) is 14.4 Å². The van der Waals surface area contributed by atoms with Crippen molar-refractivity contribution in [3.8, 4) is 0 Å². The number of amides is 2. The zero-order chi connectivity index (χ0) is 20.5. The summed E-state index contributed by atoms with van der Waals surface area (Å²) in [5.41, 5.74) is 1.21. The van der Waals surface area contributed by atoms with Crippen molar-refractivity contribution in [2.75, 3.05) is 29.1 Å². The second-order valence-electron chi connectivity index (χ2n) is 6.53. The van der Waals surface area contributed by atoms with Gasteiger partial charge in [0.2, 0.25) is 5.91 Å². The number of carbonyl (C=O) groups is 3. The molecule has 0 atom stereocenters. The number of benzene rings is 1. The van der Waals surface area contributed by atoms with Crippen LogP contribution in [-0.4, -0.2) is 35.9 Å². The Kier molecular flexibility index (Phi) is 7.94. The van der Waals surface area contributed by atoms with Gasteiger partial charge in [0.1, 0.15) is 0 Å². The summed E-state index contributed by atoms with van der Waals surface area (Å²) >= 11 is 1.31. The number of thiazole rings is 1. The molecule has 8 nitrogen and oxygen atoms in total. The van der Waals surface area contributed by atoms with Gasteiger partial charge in [-0.2, -0.15) is 0 Å². The molecule has 0 unspecified atom stereocenters. The van der Waals surface area contributed by atoms with Crippen LogP contribution in [0, 0.1) is 5.92 Å². The van der Waals surface area contributed by atoms with Crippen LogP contribution in [0.2, 0.25) is 0 Å². The minimum atomic E-state index is -0.657. The SMILES string of the molecule is CC(=O)Nc1cccc(NC(=O)COC(=O)c2csc(NCCC(C)C)n2)c1. The third-order valence-electron chi connectivity index (χ3n) is 3.51. The third kappa shape index (κ3) is 7.36. The van der Waals surface area contributed by atoms with Gasteiger partial charge in [0.25, 0.3) is 5.91 Å². The maximum Gasteiger partial charge on any atom is 0.358 e. The Bertz CT molecular complexity index is 835. The first-order chi connectivity index (χ1) is 13.3. The highest BCUT2D eigenvalue weighted by atomic mass is 32.1. The second kappa shape index (κ2) is 10.4. The van der Waals surface area contributed by atoms with Crippen LogP contribution >= 0.6 is 11.3 Å². The number of nitrogens with zero attached hydrogens (tertiary/aromatic N) is 1. The van der Waals surface area contributed by atoms with Crippen LogP contribution in [0.25, 0.3) is 0 Å². The average molecular weight is 404 g/mol. The van der Waals surface area contributed by atoms with Crippen molar-refractivity contribution in [1.82, 2.24) is 4.98 Å². The Hall–Kier alpha value is -2.94. The first-order valence-electron chi connectivity index (χ1n) is 8.87. The molecule has 0 aliphatic rings. The molecule has 0 aliphatic heterocycles. The van der Waals surface area contributed by atoms with E-state index in [1.54, 1.807) is 29.6 Å². The highest BCUT2D eigenvalue weighted by molar-refractivity contribution is 7.13. The van der Waals surface area contributed by atoms with E-state index in [2.05, 4.69) is 34.8 Å². The van der Waals surface area contributed by atoms with Gasteiger partial charge in [-0.1, -0.05) is 19.9 Å². The van der Waals surface area contributed by atoms with E-state index in [4.69, 9.17) is 4.74 Å². The van der Waals surface area contributed by atoms with Crippen LogP contribution < -0.4 is 16.0 Å². The van der Waals surface area contributed by atoms with E-state index in [0.29, 0.717) is 22.4 Å². The summed E-state index contributed by atoms with van der Waals surface area (Å²) in [6, 6.07) is 6.67. The van der Waals surface area contributed by atoms with Gasteiger partial charge < -0.3 is 20.7 Å². The average Bonchev–Trinajstić information content (AvgIpc) is 3.08. The van der Waals surface area contributed by atoms with Crippen LogP contribution in [0.4, 0.5) is 16.5 Å². The Labute approximate surface area is 167 Å². The normalized spacial score (nSPS) is 10.4. The molecule has 2 amide bonds. The molecule has 0 bridgehead atoms. The number of hydrogen-bond acceptors (Lipinski definition) is 7. The Balaban J connectivity index is 1.80. The molecular weight excluding hydrogens is 380 g/mol. The van der Waals surface area contributed by atoms with Gasteiger partial charge >= 0.3 is 5.97 Å². The van der Waals surface area contributed by atoms with E-state index >= 15 is 0 Å². The van der Waals surface area contributed by atoms with Gasteiger partial charge in [-0.3, -0.25) is 9.59 Å². The largest absolute Gasteiger partial charge is 0.451 e. The number of aromatic nitrogens is 1. The molecule has 1 aromatic heterocycles. The van der Waals surface area contributed by atoms with Crippen LogP contribution in [0.1, 0.15) is 37.7 Å². The lowest BCUT2D eigenvalue weighted by Gasteiger charge is -2.08. The van der Waals surface area contributed by atoms with E-state index in [-0.39, 0.29) is 11.6 Å². The molecule has 1 heterocycles. The highest BCUT2D eigenvalue weighted by Gasteiger charge is 2.14. The van der Waals surface area contributed by atoms with Gasteiger partial charge in [0.15, 0.2) is 17.4 Å². The number of ether oxygens (including phenoxy) is 1. The molecule has 1 aromatic carbocycles. The van der Waals surface area contributed by atoms with Crippen LogP contribution in [-0.2, 0) is 14.3 Å². The van der Waals surface area contributed by atoms with E-state index in [0.717, 1.165) is 13.0 Å². The van der Waals surface area contributed by atoms with Gasteiger partial charge in [0.05, 0.1) is 0 Å².